The summed E-state index contributed by atoms with van der Waals surface area (Å²) in [6, 6.07) is 8.21. The van der Waals surface area contributed by atoms with Gasteiger partial charge in [0.1, 0.15) is 22.3 Å². The SMILES string of the molecule is CCn1c(CSc2nc3ccccc3s2)nnc1SCc1nc(N)c2c(C)c(C)sc2n1. The van der Waals surface area contributed by atoms with Gasteiger partial charge in [-0.15, -0.1) is 32.9 Å². The summed E-state index contributed by atoms with van der Waals surface area (Å²) in [6.07, 6.45) is 0. The van der Waals surface area contributed by atoms with E-state index in [9.17, 15) is 0 Å². The molecule has 4 heterocycles. The number of rotatable bonds is 7. The first-order valence-corrected chi connectivity index (χ1v) is 13.7. The van der Waals surface area contributed by atoms with E-state index in [0.717, 1.165) is 49.2 Å². The molecule has 164 valence electrons. The molecule has 0 atom stereocenters. The van der Waals surface area contributed by atoms with Gasteiger partial charge in [-0.2, -0.15) is 0 Å². The van der Waals surface area contributed by atoms with Crippen molar-refractivity contribution < 1.29 is 0 Å². The molecule has 0 aliphatic heterocycles. The Hall–Kier alpha value is -2.21. The second-order valence-corrected chi connectivity index (χ2v) is 11.6. The Labute approximate surface area is 201 Å². The van der Waals surface area contributed by atoms with Crippen LogP contribution < -0.4 is 5.73 Å². The first kappa shape index (κ1) is 21.6. The Morgan fingerprint density at radius 1 is 1.00 bits per heavy atom. The molecule has 0 radical (unpaired) electrons. The van der Waals surface area contributed by atoms with Gasteiger partial charge in [0.25, 0.3) is 0 Å². The number of nitrogens with two attached hydrogens (primary N) is 1. The Morgan fingerprint density at radius 2 is 1.84 bits per heavy atom. The van der Waals surface area contributed by atoms with Crippen LogP contribution in [0.5, 0.6) is 0 Å². The number of thioether (sulfide) groups is 2. The van der Waals surface area contributed by atoms with Crippen LogP contribution in [0.4, 0.5) is 5.82 Å². The minimum Gasteiger partial charge on any atom is -0.383 e. The number of nitrogen functional groups attached to an aromatic ring is 1. The molecule has 0 unspecified atom stereocenters. The van der Waals surface area contributed by atoms with E-state index in [-0.39, 0.29) is 0 Å². The average Bonchev–Trinajstić information content (AvgIpc) is 3.45. The molecule has 0 bridgehead atoms. The first-order valence-electron chi connectivity index (χ1n) is 10.1. The van der Waals surface area contributed by atoms with E-state index >= 15 is 0 Å². The normalized spacial score (nSPS) is 11.7. The zero-order chi connectivity index (χ0) is 22.2. The lowest BCUT2D eigenvalue weighted by atomic mass is 10.2. The molecule has 0 aliphatic carbocycles. The van der Waals surface area contributed by atoms with E-state index in [0.29, 0.717) is 11.6 Å². The molecule has 0 saturated heterocycles. The van der Waals surface area contributed by atoms with E-state index in [4.69, 9.17) is 15.7 Å². The van der Waals surface area contributed by atoms with Gasteiger partial charge in [0, 0.05) is 11.4 Å². The van der Waals surface area contributed by atoms with Gasteiger partial charge < -0.3 is 10.3 Å². The number of thiophene rings is 1. The highest BCUT2D eigenvalue weighted by atomic mass is 32.2. The Balaban J connectivity index is 1.30. The molecule has 7 nitrogen and oxygen atoms in total. The number of hydrogen-bond acceptors (Lipinski definition) is 10. The second kappa shape index (κ2) is 8.97. The van der Waals surface area contributed by atoms with Crippen molar-refractivity contribution in [2.24, 2.45) is 0 Å². The summed E-state index contributed by atoms with van der Waals surface area (Å²) < 4.78 is 4.40. The van der Waals surface area contributed by atoms with Gasteiger partial charge >= 0.3 is 0 Å². The van der Waals surface area contributed by atoms with Crippen LogP contribution in [0.1, 0.15) is 29.0 Å². The highest BCUT2D eigenvalue weighted by molar-refractivity contribution is 8.00. The number of aryl methyl sites for hydroxylation is 2. The number of aromatic nitrogens is 6. The third kappa shape index (κ3) is 4.09. The Kier molecular flexibility index (Phi) is 6.06. The van der Waals surface area contributed by atoms with Crippen LogP contribution >= 0.6 is 46.2 Å². The number of anilines is 1. The molecule has 11 heteroatoms. The van der Waals surface area contributed by atoms with Gasteiger partial charge in [-0.05, 0) is 38.5 Å². The van der Waals surface area contributed by atoms with Crippen LogP contribution in [0.3, 0.4) is 0 Å². The summed E-state index contributed by atoms with van der Waals surface area (Å²) in [5.41, 5.74) is 8.44. The van der Waals surface area contributed by atoms with Gasteiger partial charge in [-0.3, -0.25) is 0 Å². The molecule has 0 amide bonds. The fourth-order valence-electron chi connectivity index (χ4n) is 3.41. The summed E-state index contributed by atoms with van der Waals surface area (Å²) in [4.78, 5) is 16.1. The van der Waals surface area contributed by atoms with Crippen LogP contribution in [0, 0.1) is 13.8 Å². The molecule has 2 N–H and O–H groups in total. The lowest BCUT2D eigenvalue weighted by molar-refractivity contribution is 0.659. The number of hydrogen-bond donors (Lipinski definition) is 1. The lowest BCUT2D eigenvalue weighted by Gasteiger charge is -2.07. The van der Waals surface area contributed by atoms with Crippen molar-refractivity contribution >= 4 is 72.4 Å². The molecule has 0 saturated carbocycles. The van der Waals surface area contributed by atoms with Gasteiger partial charge in [0.05, 0.1) is 27.1 Å². The summed E-state index contributed by atoms with van der Waals surface area (Å²) in [5, 5.41) is 10.7. The van der Waals surface area contributed by atoms with Crippen LogP contribution in [0.25, 0.3) is 20.4 Å². The van der Waals surface area contributed by atoms with Gasteiger partial charge in [0.2, 0.25) is 0 Å². The maximum atomic E-state index is 6.23. The molecule has 0 spiro atoms. The highest BCUT2D eigenvalue weighted by Crippen LogP contribution is 2.34. The number of para-hydroxylation sites is 1. The van der Waals surface area contributed by atoms with Crippen molar-refractivity contribution in [3.05, 3.63) is 46.4 Å². The smallest absolute Gasteiger partial charge is 0.191 e. The minimum absolute atomic E-state index is 0.553. The fraction of sp³-hybridized carbons (Fsp3) is 0.286. The highest BCUT2D eigenvalue weighted by Gasteiger charge is 2.16. The van der Waals surface area contributed by atoms with Crippen molar-refractivity contribution in [2.45, 2.75) is 48.3 Å². The molecular weight excluding hydrogens is 479 g/mol. The standard InChI is InChI=1S/C21H21N7S4/c1-4-28-16(10-30-21-23-13-7-5-6-8-14(13)32-21)26-27-20(28)29-9-15-24-18(22)17-11(2)12(3)31-19(17)25-15/h5-8H,4,9-10H2,1-3H3,(H2,22,24,25). The van der Waals surface area contributed by atoms with E-state index in [1.807, 2.05) is 18.2 Å². The van der Waals surface area contributed by atoms with Crippen molar-refractivity contribution in [2.75, 3.05) is 5.73 Å². The predicted molar refractivity (Wildman–Crippen MR) is 136 cm³/mol. The van der Waals surface area contributed by atoms with Crippen LogP contribution in [-0.2, 0) is 18.1 Å². The monoisotopic (exact) mass is 499 g/mol. The van der Waals surface area contributed by atoms with E-state index in [1.165, 1.54) is 15.1 Å². The van der Waals surface area contributed by atoms with Crippen molar-refractivity contribution in [3.8, 4) is 0 Å². The molecule has 5 rings (SSSR count). The molecule has 4 aromatic heterocycles. The largest absolute Gasteiger partial charge is 0.383 e. The van der Waals surface area contributed by atoms with Crippen LogP contribution in [0.15, 0.2) is 33.8 Å². The zero-order valence-electron chi connectivity index (χ0n) is 17.8. The maximum absolute atomic E-state index is 6.23. The fourth-order valence-corrected chi connectivity index (χ4v) is 7.35. The third-order valence-electron chi connectivity index (χ3n) is 5.14. The molecule has 0 aliphatic rings. The number of benzene rings is 1. The molecular formula is C21H21N7S4. The zero-order valence-corrected chi connectivity index (χ0v) is 21.1. The van der Waals surface area contributed by atoms with E-state index in [2.05, 4.69) is 46.6 Å². The Bertz CT molecular complexity index is 1390. The molecule has 1 aromatic carbocycles. The molecule has 0 fully saturated rings. The average molecular weight is 500 g/mol. The predicted octanol–water partition coefficient (Wildman–Crippen LogP) is 5.70. The van der Waals surface area contributed by atoms with Crippen LogP contribution in [-0.4, -0.2) is 29.7 Å². The Morgan fingerprint density at radius 3 is 2.66 bits per heavy atom. The summed E-state index contributed by atoms with van der Waals surface area (Å²) in [7, 11) is 0. The lowest BCUT2D eigenvalue weighted by Crippen LogP contribution is -2.03. The number of thiazole rings is 1. The summed E-state index contributed by atoms with van der Waals surface area (Å²) in [6.45, 7) is 7.07. The van der Waals surface area contributed by atoms with Crippen molar-refractivity contribution in [3.63, 3.8) is 0 Å². The van der Waals surface area contributed by atoms with Crippen LogP contribution in [0.2, 0.25) is 0 Å². The summed E-state index contributed by atoms with van der Waals surface area (Å²) in [5.74, 6) is 3.54. The second-order valence-electron chi connectivity index (χ2n) is 7.16. The maximum Gasteiger partial charge on any atom is 0.191 e. The minimum atomic E-state index is 0.553. The van der Waals surface area contributed by atoms with Crippen molar-refractivity contribution in [1.29, 1.82) is 0 Å². The number of fused-ring (bicyclic) bond motifs is 2. The van der Waals surface area contributed by atoms with Gasteiger partial charge in [0.15, 0.2) is 9.50 Å². The van der Waals surface area contributed by atoms with E-state index in [1.54, 1.807) is 46.2 Å². The third-order valence-corrected chi connectivity index (χ3v) is 9.38. The van der Waals surface area contributed by atoms with Gasteiger partial charge in [-0.25, -0.2) is 15.0 Å². The van der Waals surface area contributed by atoms with Crippen molar-refractivity contribution in [1.82, 2.24) is 29.7 Å². The summed E-state index contributed by atoms with van der Waals surface area (Å²) >= 11 is 6.67. The first-order chi connectivity index (χ1) is 15.5. The van der Waals surface area contributed by atoms with E-state index < -0.39 is 0 Å². The molecule has 32 heavy (non-hydrogen) atoms. The molecule has 5 aromatic rings. The number of nitrogens with zero attached hydrogens (tertiary/aromatic N) is 6. The quantitative estimate of drug-likeness (QED) is 0.285. The topological polar surface area (TPSA) is 95.4 Å². The van der Waals surface area contributed by atoms with Gasteiger partial charge in [-0.1, -0.05) is 35.7 Å².